The van der Waals surface area contributed by atoms with Gasteiger partial charge in [-0.3, -0.25) is 0 Å². The number of ether oxygens (including phenoxy) is 1. The van der Waals surface area contributed by atoms with Gasteiger partial charge in [0.25, 0.3) is 0 Å². The van der Waals surface area contributed by atoms with E-state index >= 15 is 0 Å². The predicted molar refractivity (Wildman–Crippen MR) is 91.1 cm³/mol. The minimum Gasteiger partial charge on any atom is -0.491 e. The molecule has 0 spiro atoms. The number of aromatic nitrogens is 1. The van der Waals surface area contributed by atoms with Crippen LogP contribution in [0.1, 0.15) is 59.3 Å². The molecule has 0 fully saturated rings. The van der Waals surface area contributed by atoms with Crippen molar-refractivity contribution in [3.63, 3.8) is 0 Å². The van der Waals surface area contributed by atoms with Crippen LogP contribution in [0.5, 0.6) is 5.75 Å². The Labute approximate surface area is 129 Å². The zero-order valence-corrected chi connectivity index (χ0v) is 13.8. The van der Waals surface area contributed by atoms with E-state index in [1.165, 1.54) is 49.4 Å². The van der Waals surface area contributed by atoms with Gasteiger partial charge >= 0.3 is 0 Å². The van der Waals surface area contributed by atoms with Crippen LogP contribution in [-0.2, 0) is 6.54 Å². The lowest BCUT2D eigenvalue weighted by Gasteiger charge is -2.10. The Kier molecular flexibility index (Phi) is 6.16. The van der Waals surface area contributed by atoms with Crippen molar-refractivity contribution in [2.45, 2.75) is 71.9 Å². The smallest absolute Gasteiger partial charge is 0.120 e. The molecule has 0 amide bonds. The summed E-state index contributed by atoms with van der Waals surface area (Å²) >= 11 is 0. The summed E-state index contributed by atoms with van der Waals surface area (Å²) in [6.45, 7) is 7.52. The molecule has 0 saturated carbocycles. The van der Waals surface area contributed by atoms with Gasteiger partial charge in [0, 0.05) is 23.6 Å². The molecule has 0 radical (unpaired) electrons. The minimum absolute atomic E-state index is 0.229. The molecule has 1 aromatic heterocycles. The van der Waals surface area contributed by atoms with Gasteiger partial charge in [-0.2, -0.15) is 0 Å². The summed E-state index contributed by atoms with van der Waals surface area (Å²) in [7, 11) is 0. The fourth-order valence-corrected chi connectivity index (χ4v) is 2.78. The molecule has 0 aliphatic heterocycles. The number of rotatable bonds is 9. The lowest BCUT2D eigenvalue weighted by atomic mass is 10.1. The largest absolute Gasteiger partial charge is 0.491 e. The summed E-state index contributed by atoms with van der Waals surface area (Å²) in [4.78, 5) is 0. The SMILES string of the molecule is CCCCCCCCn1ccc2cc(OC(C)C)ccc21. The van der Waals surface area contributed by atoms with Gasteiger partial charge in [-0.15, -0.1) is 0 Å². The molecule has 0 saturated heterocycles. The van der Waals surface area contributed by atoms with Crippen LogP contribution in [0.3, 0.4) is 0 Å². The quantitative estimate of drug-likeness (QED) is 0.532. The van der Waals surface area contributed by atoms with Crippen molar-refractivity contribution in [2.24, 2.45) is 0 Å². The molecule has 2 rings (SSSR count). The maximum atomic E-state index is 5.76. The Balaban J connectivity index is 1.89. The maximum Gasteiger partial charge on any atom is 0.120 e. The minimum atomic E-state index is 0.229. The van der Waals surface area contributed by atoms with Gasteiger partial charge < -0.3 is 9.30 Å². The molecule has 2 nitrogen and oxygen atoms in total. The standard InChI is InChI=1S/C19H29NO/c1-4-5-6-7-8-9-13-20-14-12-17-15-18(21-16(2)3)10-11-19(17)20/h10-12,14-16H,4-9,13H2,1-3H3. The molecular weight excluding hydrogens is 258 g/mol. The van der Waals surface area contributed by atoms with Gasteiger partial charge in [0.05, 0.1) is 6.10 Å². The van der Waals surface area contributed by atoms with Gasteiger partial charge in [0.2, 0.25) is 0 Å². The highest BCUT2D eigenvalue weighted by atomic mass is 16.5. The summed E-state index contributed by atoms with van der Waals surface area (Å²) in [6, 6.07) is 8.61. The molecule has 0 aliphatic carbocycles. The Hall–Kier alpha value is -1.44. The molecule has 2 heteroatoms. The Morgan fingerprint density at radius 2 is 1.76 bits per heavy atom. The lowest BCUT2D eigenvalue weighted by molar-refractivity contribution is 0.243. The van der Waals surface area contributed by atoms with Crippen molar-refractivity contribution >= 4 is 10.9 Å². The first-order chi connectivity index (χ1) is 10.2. The molecule has 0 atom stereocenters. The van der Waals surface area contributed by atoms with E-state index < -0.39 is 0 Å². The number of hydrogen-bond acceptors (Lipinski definition) is 1. The molecule has 0 bridgehead atoms. The van der Waals surface area contributed by atoms with Crippen molar-refractivity contribution in [2.75, 3.05) is 0 Å². The van der Waals surface area contributed by atoms with E-state index in [-0.39, 0.29) is 6.10 Å². The Morgan fingerprint density at radius 3 is 2.52 bits per heavy atom. The van der Waals surface area contributed by atoms with Crippen LogP contribution in [0, 0.1) is 0 Å². The summed E-state index contributed by atoms with van der Waals surface area (Å²) in [5.41, 5.74) is 1.32. The summed E-state index contributed by atoms with van der Waals surface area (Å²) in [5, 5.41) is 1.28. The Morgan fingerprint density at radius 1 is 1.00 bits per heavy atom. The first-order valence-electron chi connectivity index (χ1n) is 8.46. The first kappa shape index (κ1) is 15.9. The zero-order valence-electron chi connectivity index (χ0n) is 13.8. The maximum absolute atomic E-state index is 5.76. The molecule has 0 aliphatic rings. The average molecular weight is 287 g/mol. The lowest BCUT2D eigenvalue weighted by Crippen LogP contribution is -2.05. The summed E-state index contributed by atoms with van der Waals surface area (Å²) < 4.78 is 8.13. The van der Waals surface area contributed by atoms with Crippen molar-refractivity contribution in [1.82, 2.24) is 4.57 Å². The van der Waals surface area contributed by atoms with E-state index in [0.717, 1.165) is 12.3 Å². The van der Waals surface area contributed by atoms with E-state index in [4.69, 9.17) is 4.74 Å². The summed E-state index contributed by atoms with van der Waals surface area (Å²) in [5.74, 6) is 0.967. The van der Waals surface area contributed by atoms with E-state index in [9.17, 15) is 0 Å². The van der Waals surface area contributed by atoms with Crippen molar-refractivity contribution < 1.29 is 4.74 Å². The van der Waals surface area contributed by atoms with Gasteiger partial charge in [0.1, 0.15) is 5.75 Å². The van der Waals surface area contributed by atoms with Crippen LogP contribution in [0.4, 0.5) is 0 Å². The third kappa shape index (κ3) is 4.80. The van der Waals surface area contributed by atoms with Crippen LogP contribution >= 0.6 is 0 Å². The molecule has 0 unspecified atom stereocenters. The van der Waals surface area contributed by atoms with Crippen LogP contribution < -0.4 is 4.74 Å². The van der Waals surface area contributed by atoms with Crippen LogP contribution in [-0.4, -0.2) is 10.7 Å². The zero-order chi connectivity index (χ0) is 15.1. The summed E-state index contributed by atoms with van der Waals surface area (Å²) in [6.07, 6.45) is 10.5. The number of aryl methyl sites for hydroxylation is 1. The van der Waals surface area contributed by atoms with E-state index in [1.54, 1.807) is 0 Å². The third-order valence-corrected chi connectivity index (χ3v) is 3.87. The Bertz CT molecular complexity index is 541. The highest BCUT2D eigenvalue weighted by Gasteiger charge is 2.04. The van der Waals surface area contributed by atoms with Gasteiger partial charge in [-0.1, -0.05) is 39.0 Å². The number of hydrogen-bond donors (Lipinski definition) is 0. The van der Waals surface area contributed by atoms with Crippen LogP contribution in [0.2, 0.25) is 0 Å². The monoisotopic (exact) mass is 287 g/mol. The number of unbranched alkanes of at least 4 members (excludes halogenated alkanes) is 5. The molecule has 0 N–H and O–H groups in total. The van der Waals surface area contributed by atoms with Crippen molar-refractivity contribution in [1.29, 1.82) is 0 Å². The average Bonchev–Trinajstić information content (AvgIpc) is 2.84. The van der Waals surface area contributed by atoms with E-state index in [0.29, 0.717) is 0 Å². The second kappa shape index (κ2) is 8.11. The predicted octanol–water partition coefficient (Wildman–Crippen LogP) is 5.79. The fraction of sp³-hybridized carbons (Fsp3) is 0.579. The number of fused-ring (bicyclic) bond motifs is 1. The molecule has 21 heavy (non-hydrogen) atoms. The molecule has 1 heterocycles. The highest BCUT2D eigenvalue weighted by molar-refractivity contribution is 5.81. The highest BCUT2D eigenvalue weighted by Crippen LogP contribution is 2.23. The number of nitrogens with zero attached hydrogens (tertiary/aromatic N) is 1. The third-order valence-electron chi connectivity index (χ3n) is 3.87. The van der Waals surface area contributed by atoms with Gasteiger partial charge in [-0.25, -0.2) is 0 Å². The molecule has 2 aromatic rings. The topological polar surface area (TPSA) is 14.2 Å². The molecule has 1 aromatic carbocycles. The van der Waals surface area contributed by atoms with Gasteiger partial charge in [0.15, 0.2) is 0 Å². The van der Waals surface area contributed by atoms with E-state index in [2.05, 4.69) is 55.8 Å². The van der Waals surface area contributed by atoms with Crippen molar-refractivity contribution in [3.05, 3.63) is 30.5 Å². The number of benzene rings is 1. The fourth-order valence-electron chi connectivity index (χ4n) is 2.78. The molecular formula is C19H29NO. The molecule has 116 valence electrons. The van der Waals surface area contributed by atoms with E-state index in [1.807, 2.05) is 0 Å². The van der Waals surface area contributed by atoms with Crippen LogP contribution in [0.15, 0.2) is 30.5 Å². The van der Waals surface area contributed by atoms with Crippen LogP contribution in [0.25, 0.3) is 10.9 Å². The van der Waals surface area contributed by atoms with Gasteiger partial charge in [-0.05, 0) is 44.5 Å². The van der Waals surface area contributed by atoms with Crippen molar-refractivity contribution in [3.8, 4) is 5.75 Å². The second-order valence-corrected chi connectivity index (χ2v) is 6.16. The second-order valence-electron chi connectivity index (χ2n) is 6.16. The normalized spacial score (nSPS) is 11.4. The first-order valence-corrected chi connectivity index (χ1v) is 8.46.